The van der Waals surface area contributed by atoms with Crippen molar-refractivity contribution in [2.75, 3.05) is 12.3 Å². The van der Waals surface area contributed by atoms with Crippen molar-refractivity contribution in [1.29, 1.82) is 0 Å². The Labute approximate surface area is 119 Å². The van der Waals surface area contributed by atoms with Gasteiger partial charge in [-0.15, -0.1) is 0 Å². The van der Waals surface area contributed by atoms with Gasteiger partial charge >= 0.3 is 0 Å². The molecule has 0 fully saturated rings. The maximum absolute atomic E-state index is 5.91. The van der Waals surface area contributed by atoms with E-state index >= 15 is 0 Å². The first kappa shape index (κ1) is 12.9. The molecule has 2 N–H and O–H groups in total. The Bertz CT molecular complexity index is 625. The van der Waals surface area contributed by atoms with Crippen LogP contribution in [0.1, 0.15) is 42.8 Å². The fourth-order valence-electron chi connectivity index (χ4n) is 2.48. The van der Waals surface area contributed by atoms with Crippen LogP contribution in [-0.4, -0.2) is 16.6 Å². The van der Waals surface area contributed by atoms with Gasteiger partial charge < -0.3 is 10.5 Å². The van der Waals surface area contributed by atoms with Crippen LogP contribution in [0.5, 0.6) is 5.75 Å². The minimum Gasteiger partial charge on any atom is -0.493 e. The molecular formula is C16H19N3O. The molecule has 1 atom stereocenters. The van der Waals surface area contributed by atoms with Gasteiger partial charge in [0.25, 0.3) is 0 Å². The van der Waals surface area contributed by atoms with Gasteiger partial charge in [-0.3, -0.25) is 0 Å². The van der Waals surface area contributed by atoms with Crippen molar-refractivity contribution >= 4 is 5.82 Å². The zero-order chi connectivity index (χ0) is 14.1. The van der Waals surface area contributed by atoms with Gasteiger partial charge in [-0.1, -0.05) is 32.0 Å². The lowest BCUT2D eigenvalue weighted by Gasteiger charge is -2.24. The fraction of sp³-hybridized carbons (Fsp3) is 0.375. The molecule has 0 saturated heterocycles. The summed E-state index contributed by atoms with van der Waals surface area (Å²) >= 11 is 0. The van der Waals surface area contributed by atoms with E-state index in [-0.39, 0.29) is 5.92 Å². The molecule has 3 rings (SSSR count). The molecule has 2 heterocycles. The molecule has 1 aromatic carbocycles. The Kier molecular flexibility index (Phi) is 3.30. The molecule has 1 aliphatic rings. The van der Waals surface area contributed by atoms with Crippen LogP contribution < -0.4 is 10.5 Å². The first-order valence-electron chi connectivity index (χ1n) is 6.98. The van der Waals surface area contributed by atoms with Crippen molar-refractivity contribution in [1.82, 2.24) is 9.97 Å². The van der Waals surface area contributed by atoms with E-state index in [2.05, 4.69) is 29.9 Å². The van der Waals surface area contributed by atoms with E-state index in [1.54, 1.807) is 0 Å². The van der Waals surface area contributed by atoms with Gasteiger partial charge in [-0.2, -0.15) is 0 Å². The second-order valence-electron chi connectivity index (χ2n) is 5.55. The number of anilines is 1. The summed E-state index contributed by atoms with van der Waals surface area (Å²) in [5.41, 5.74) is 8.11. The molecule has 0 radical (unpaired) electrons. The van der Waals surface area contributed by atoms with Crippen LogP contribution in [0.15, 0.2) is 30.3 Å². The van der Waals surface area contributed by atoms with E-state index in [1.165, 1.54) is 5.56 Å². The highest BCUT2D eigenvalue weighted by Gasteiger charge is 2.24. The van der Waals surface area contributed by atoms with Crippen LogP contribution in [0.4, 0.5) is 5.82 Å². The lowest BCUT2D eigenvalue weighted by atomic mass is 9.95. The van der Waals surface area contributed by atoms with E-state index in [0.29, 0.717) is 18.3 Å². The number of rotatable bonds is 2. The highest BCUT2D eigenvalue weighted by atomic mass is 16.5. The van der Waals surface area contributed by atoms with E-state index in [9.17, 15) is 0 Å². The SMILES string of the molecule is CC(C)c1cc(N)nc(C2COc3ccccc3C2)n1. The summed E-state index contributed by atoms with van der Waals surface area (Å²) < 4.78 is 5.81. The van der Waals surface area contributed by atoms with E-state index in [1.807, 2.05) is 24.3 Å². The Morgan fingerprint density at radius 3 is 2.85 bits per heavy atom. The van der Waals surface area contributed by atoms with Crippen LogP contribution in [0.2, 0.25) is 0 Å². The number of hydrogen-bond acceptors (Lipinski definition) is 4. The maximum atomic E-state index is 5.91. The lowest BCUT2D eigenvalue weighted by molar-refractivity contribution is 0.257. The van der Waals surface area contributed by atoms with Crippen LogP contribution in [-0.2, 0) is 6.42 Å². The molecule has 1 aliphatic heterocycles. The molecule has 1 unspecified atom stereocenters. The molecule has 0 spiro atoms. The summed E-state index contributed by atoms with van der Waals surface area (Å²) in [7, 11) is 0. The van der Waals surface area contributed by atoms with Gasteiger partial charge in [0.1, 0.15) is 17.4 Å². The molecule has 0 amide bonds. The summed E-state index contributed by atoms with van der Waals surface area (Å²) in [4.78, 5) is 9.06. The smallest absolute Gasteiger partial charge is 0.137 e. The molecule has 0 saturated carbocycles. The Morgan fingerprint density at radius 1 is 1.25 bits per heavy atom. The van der Waals surface area contributed by atoms with E-state index in [0.717, 1.165) is 23.7 Å². The standard InChI is InChI=1S/C16H19N3O/c1-10(2)13-8-15(17)19-16(18-13)12-7-11-5-3-4-6-14(11)20-9-12/h3-6,8,10,12H,7,9H2,1-2H3,(H2,17,18,19). The van der Waals surface area contributed by atoms with E-state index < -0.39 is 0 Å². The summed E-state index contributed by atoms with van der Waals surface area (Å²) in [5, 5.41) is 0. The van der Waals surface area contributed by atoms with Crippen molar-refractivity contribution < 1.29 is 4.74 Å². The minimum atomic E-state index is 0.172. The van der Waals surface area contributed by atoms with Crippen molar-refractivity contribution in [2.24, 2.45) is 0 Å². The Balaban J connectivity index is 1.91. The zero-order valence-corrected chi connectivity index (χ0v) is 11.8. The summed E-state index contributed by atoms with van der Waals surface area (Å²) in [6.45, 7) is 4.83. The monoisotopic (exact) mass is 269 g/mol. The summed E-state index contributed by atoms with van der Waals surface area (Å²) in [6.07, 6.45) is 0.900. The second-order valence-corrected chi connectivity index (χ2v) is 5.55. The molecule has 4 nitrogen and oxygen atoms in total. The highest BCUT2D eigenvalue weighted by Crippen LogP contribution is 2.31. The topological polar surface area (TPSA) is 61.0 Å². The molecule has 4 heteroatoms. The van der Waals surface area contributed by atoms with Crippen LogP contribution >= 0.6 is 0 Å². The number of nitrogen functional groups attached to an aromatic ring is 1. The molecule has 0 aliphatic carbocycles. The number of nitrogens with zero attached hydrogens (tertiary/aromatic N) is 2. The predicted octanol–water partition coefficient (Wildman–Crippen LogP) is 2.90. The van der Waals surface area contributed by atoms with Gasteiger partial charge in [0.15, 0.2) is 0 Å². The third kappa shape index (κ3) is 2.46. The number of hydrogen-bond donors (Lipinski definition) is 1. The normalized spacial score (nSPS) is 17.6. The number of benzene rings is 1. The number of fused-ring (bicyclic) bond motifs is 1. The number of nitrogens with two attached hydrogens (primary N) is 1. The van der Waals surface area contributed by atoms with Crippen molar-refractivity contribution in [3.8, 4) is 5.75 Å². The largest absolute Gasteiger partial charge is 0.493 e. The lowest BCUT2D eigenvalue weighted by Crippen LogP contribution is -2.22. The Hall–Kier alpha value is -2.10. The highest BCUT2D eigenvalue weighted by molar-refractivity contribution is 5.37. The molecule has 20 heavy (non-hydrogen) atoms. The van der Waals surface area contributed by atoms with Crippen LogP contribution in [0.3, 0.4) is 0 Å². The first-order chi connectivity index (χ1) is 9.63. The quantitative estimate of drug-likeness (QED) is 0.910. The zero-order valence-electron chi connectivity index (χ0n) is 11.8. The molecule has 104 valence electrons. The first-order valence-corrected chi connectivity index (χ1v) is 6.98. The minimum absolute atomic E-state index is 0.172. The third-order valence-corrected chi connectivity index (χ3v) is 3.62. The third-order valence-electron chi connectivity index (χ3n) is 3.62. The van der Waals surface area contributed by atoms with Gasteiger partial charge in [-0.05, 0) is 24.0 Å². The number of aromatic nitrogens is 2. The Morgan fingerprint density at radius 2 is 2.05 bits per heavy atom. The molecule has 0 bridgehead atoms. The summed E-state index contributed by atoms with van der Waals surface area (Å²) in [6, 6.07) is 9.98. The van der Waals surface area contributed by atoms with E-state index in [4.69, 9.17) is 10.5 Å². The van der Waals surface area contributed by atoms with Crippen LogP contribution in [0, 0.1) is 0 Å². The molecular weight excluding hydrogens is 250 g/mol. The average molecular weight is 269 g/mol. The predicted molar refractivity (Wildman–Crippen MR) is 78.9 cm³/mol. The second kappa shape index (κ2) is 5.12. The number of ether oxygens (including phenoxy) is 1. The van der Waals surface area contributed by atoms with Gasteiger partial charge in [0, 0.05) is 11.8 Å². The van der Waals surface area contributed by atoms with Crippen LogP contribution in [0.25, 0.3) is 0 Å². The van der Waals surface area contributed by atoms with Crippen molar-refractivity contribution in [3.63, 3.8) is 0 Å². The van der Waals surface area contributed by atoms with Gasteiger partial charge in [0.05, 0.1) is 12.5 Å². The maximum Gasteiger partial charge on any atom is 0.137 e. The van der Waals surface area contributed by atoms with Gasteiger partial charge in [0.2, 0.25) is 0 Å². The average Bonchev–Trinajstić information content (AvgIpc) is 2.46. The molecule has 2 aromatic rings. The summed E-state index contributed by atoms with van der Waals surface area (Å²) in [5.74, 6) is 2.82. The van der Waals surface area contributed by atoms with Crippen molar-refractivity contribution in [3.05, 3.63) is 47.4 Å². The van der Waals surface area contributed by atoms with Gasteiger partial charge in [-0.25, -0.2) is 9.97 Å². The van der Waals surface area contributed by atoms with Crippen molar-refractivity contribution in [2.45, 2.75) is 32.1 Å². The number of para-hydroxylation sites is 1. The molecule has 1 aromatic heterocycles. The fourth-order valence-corrected chi connectivity index (χ4v) is 2.48.